The number of nitrogens with one attached hydrogen (secondary N) is 1. The number of para-hydroxylation sites is 1. The van der Waals surface area contributed by atoms with E-state index in [4.69, 9.17) is 0 Å². The number of hydrogen-bond donors (Lipinski definition) is 1. The fourth-order valence-electron chi connectivity index (χ4n) is 1.75. The van der Waals surface area contributed by atoms with E-state index in [0.29, 0.717) is 5.06 Å². The lowest BCUT2D eigenvalue weighted by molar-refractivity contribution is -0.807. The minimum Gasteiger partial charge on any atom is -0.629 e. The molecule has 2 heteroatoms. The van der Waals surface area contributed by atoms with Crippen molar-refractivity contribution in [3.05, 3.63) is 35.0 Å². The van der Waals surface area contributed by atoms with Crippen LogP contribution >= 0.6 is 0 Å². The first-order valence-electron chi connectivity index (χ1n) is 4.41. The summed E-state index contributed by atoms with van der Waals surface area (Å²) in [6, 6.07) is 8.16. The Morgan fingerprint density at radius 1 is 1.42 bits per heavy atom. The maximum Gasteiger partial charge on any atom is 0.134 e. The average molecular weight is 163 g/mol. The Labute approximate surface area is 72.4 Å². The van der Waals surface area contributed by atoms with Crippen LogP contribution in [0.15, 0.2) is 24.3 Å². The molecule has 1 N–H and O–H groups in total. The molecule has 2 nitrogen and oxygen atoms in total. The molecule has 2 rings (SSSR count). The molecule has 0 radical (unpaired) electrons. The molecule has 0 saturated heterocycles. The summed E-state index contributed by atoms with van der Waals surface area (Å²) >= 11 is 0. The third-order valence-electron chi connectivity index (χ3n) is 2.58. The molecule has 0 aliphatic carbocycles. The summed E-state index contributed by atoms with van der Waals surface area (Å²) in [6.45, 7) is 2.01. The lowest BCUT2D eigenvalue weighted by atomic mass is 9.99. The van der Waals surface area contributed by atoms with Crippen LogP contribution in [-0.2, 0) is 6.42 Å². The number of quaternary nitrogens is 1. The van der Waals surface area contributed by atoms with Crippen LogP contribution in [0.3, 0.4) is 0 Å². The molecule has 2 atom stereocenters. The molecule has 1 aromatic carbocycles. The molecule has 1 aliphatic heterocycles. The van der Waals surface area contributed by atoms with Gasteiger partial charge >= 0.3 is 0 Å². The Bertz CT molecular complexity index is 285. The first-order valence-corrected chi connectivity index (χ1v) is 4.41. The molecule has 0 aromatic heterocycles. The fourth-order valence-corrected chi connectivity index (χ4v) is 1.75. The highest BCUT2D eigenvalue weighted by atomic mass is 16.5. The van der Waals surface area contributed by atoms with Gasteiger partial charge in [-0.25, -0.2) is 0 Å². The van der Waals surface area contributed by atoms with E-state index in [1.165, 1.54) is 5.56 Å². The first-order chi connectivity index (χ1) is 5.79. The molecular weight excluding hydrogens is 150 g/mol. The van der Waals surface area contributed by atoms with Crippen molar-refractivity contribution in [2.75, 3.05) is 0 Å². The summed E-state index contributed by atoms with van der Waals surface area (Å²) in [5, 5.41) is 11.9. The zero-order valence-electron chi connectivity index (χ0n) is 7.21. The van der Waals surface area contributed by atoms with Gasteiger partial charge in [-0.2, -0.15) is 0 Å². The highest BCUT2D eigenvalue weighted by molar-refractivity contribution is 5.40. The molecule has 1 aliphatic rings. The van der Waals surface area contributed by atoms with Gasteiger partial charge in [-0.05, 0) is 19.4 Å². The van der Waals surface area contributed by atoms with Gasteiger partial charge in [0.1, 0.15) is 5.69 Å². The molecule has 12 heavy (non-hydrogen) atoms. The van der Waals surface area contributed by atoms with Crippen molar-refractivity contribution in [1.29, 1.82) is 0 Å². The lowest BCUT2D eigenvalue weighted by Gasteiger charge is -2.34. The zero-order valence-corrected chi connectivity index (χ0v) is 7.21. The van der Waals surface area contributed by atoms with Crippen LogP contribution in [0.4, 0.5) is 5.69 Å². The second kappa shape index (κ2) is 2.88. The van der Waals surface area contributed by atoms with Crippen LogP contribution in [0.2, 0.25) is 0 Å². The van der Waals surface area contributed by atoms with Crippen LogP contribution in [0.1, 0.15) is 18.9 Å². The zero-order chi connectivity index (χ0) is 8.55. The van der Waals surface area contributed by atoms with Crippen LogP contribution < -0.4 is 5.06 Å². The van der Waals surface area contributed by atoms with Crippen molar-refractivity contribution >= 4 is 5.69 Å². The molecule has 0 bridgehead atoms. The quantitative estimate of drug-likeness (QED) is 0.568. The Kier molecular flexibility index (Phi) is 1.87. The highest BCUT2D eigenvalue weighted by Gasteiger charge is 2.21. The Morgan fingerprint density at radius 2 is 2.17 bits per heavy atom. The van der Waals surface area contributed by atoms with Crippen molar-refractivity contribution in [2.45, 2.75) is 25.8 Å². The summed E-state index contributed by atoms with van der Waals surface area (Å²) in [4.78, 5) is 0. The average Bonchev–Trinajstić information content (AvgIpc) is 2.12. The van der Waals surface area contributed by atoms with Crippen molar-refractivity contribution in [1.82, 2.24) is 0 Å². The predicted molar refractivity (Wildman–Crippen MR) is 48.2 cm³/mol. The van der Waals surface area contributed by atoms with Gasteiger partial charge in [0.05, 0.1) is 6.04 Å². The van der Waals surface area contributed by atoms with E-state index in [1.807, 2.05) is 25.1 Å². The number of benzene rings is 1. The second-order valence-corrected chi connectivity index (χ2v) is 3.46. The van der Waals surface area contributed by atoms with Gasteiger partial charge < -0.3 is 10.3 Å². The molecule has 1 aromatic rings. The molecule has 0 fully saturated rings. The van der Waals surface area contributed by atoms with E-state index in [-0.39, 0.29) is 6.04 Å². The highest BCUT2D eigenvalue weighted by Crippen LogP contribution is 2.17. The molecule has 0 amide bonds. The molecular formula is C10H13NO. The summed E-state index contributed by atoms with van der Waals surface area (Å²) in [5.41, 5.74) is 2.16. The molecule has 1 heterocycles. The van der Waals surface area contributed by atoms with Crippen LogP contribution in [0.5, 0.6) is 0 Å². The van der Waals surface area contributed by atoms with Gasteiger partial charge in [-0.1, -0.05) is 18.2 Å². The van der Waals surface area contributed by atoms with E-state index in [0.717, 1.165) is 18.5 Å². The third-order valence-corrected chi connectivity index (χ3v) is 2.58. The van der Waals surface area contributed by atoms with E-state index >= 15 is 0 Å². The normalized spacial score (nSPS) is 28.2. The SMILES string of the molecule is CC1CCc2ccccc2[NH+]1[O-]. The summed E-state index contributed by atoms with van der Waals surface area (Å²) in [7, 11) is 0. The smallest absolute Gasteiger partial charge is 0.134 e. The van der Waals surface area contributed by atoms with E-state index < -0.39 is 0 Å². The second-order valence-electron chi connectivity index (χ2n) is 3.46. The van der Waals surface area contributed by atoms with Crippen LogP contribution in [0.25, 0.3) is 0 Å². The fraction of sp³-hybridized carbons (Fsp3) is 0.400. The Hall–Kier alpha value is -0.860. The van der Waals surface area contributed by atoms with Gasteiger partial charge in [0.25, 0.3) is 0 Å². The van der Waals surface area contributed by atoms with Gasteiger partial charge in [0, 0.05) is 12.0 Å². The number of hydrogen-bond acceptors (Lipinski definition) is 1. The lowest BCUT2D eigenvalue weighted by Crippen LogP contribution is -3.07. The number of hydroxylamine groups is 1. The van der Waals surface area contributed by atoms with Gasteiger partial charge in [0.15, 0.2) is 0 Å². The number of rotatable bonds is 0. The van der Waals surface area contributed by atoms with E-state index in [1.54, 1.807) is 0 Å². The standard InChI is InChI=1S/C10H13NO/c1-8-6-7-9-4-2-3-5-10(9)11(8)12/h2-5,8,11H,6-7H2,1H3. The Balaban J connectivity index is 2.42. The van der Waals surface area contributed by atoms with Crippen molar-refractivity contribution < 1.29 is 5.06 Å². The van der Waals surface area contributed by atoms with E-state index in [2.05, 4.69) is 6.07 Å². The Morgan fingerprint density at radius 3 is 3.00 bits per heavy atom. The minimum atomic E-state index is 0.222. The van der Waals surface area contributed by atoms with Crippen molar-refractivity contribution in [3.8, 4) is 0 Å². The van der Waals surface area contributed by atoms with E-state index in [9.17, 15) is 5.21 Å². The molecule has 0 spiro atoms. The molecule has 64 valence electrons. The van der Waals surface area contributed by atoms with Crippen molar-refractivity contribution in [3.63, 3.8) is 0 Å². The summed E-state index contributed by atoms with van der Waals surface area (Å²) in [5.74, 6) is 0. The van der Waals surface area contributed by atoms with Gasteiger partial charge in [-0.3, -0.25) is 0 Å². The number of aryl methyl sites for hydroxylation is 1. The molecule has 2 unspecified atom stereocenters. The van der Waals surface area contributed by atoms with Crippen molar-refractivity contribution in [2.24, 2.45) is 0 Å². The predicted octanol–water partition coefficient (Wildman–Crippen LogP) is 1.04. The molecule has 0 saturated carbocycles. The van der Waals surface area contributed by atoms with Crippen LogP contribution in [0, 0.1) is 5.21 Å². The third kappa shape index (κ3) is 1.13. The summed E-state index contributed by atoms with van der Waals surface area (Å²) in [6.07, 6.45) is 2.07. The first kappa shape index (κ1) is 7.77. The topological polar surface area (TPSA) is 27.5 Å². The minimum absolute atomic E-state index is 0.222. The van der Waals surface area contributed by atoms with Crippen LogP contribution in [-0.4, -0.2) is 6.04 Å². The maximum absolute atomic E-state index is 11.6. The largest absolute Gasteiger partial charge is 0.629 e. The monoisotopic (exact) mass is 163 g/mol. The number of fused-ring (bicyclic) bond motifs is 1. The maximum atomic E-state index is 11.6. The van der Waals surface area contributed by atoms with Gasteiger partial charge in [-0.15, -0.1) is 0 Å². The van der Waals surface area contributed by atoms with Gasteiger partial charge in [0.2, 0.25) is 0 Å². The summed E-state index contributed by atoms with van der Waals surface area (Å²) < 4.78 is 0.